The zero-order chi connectivity index (χ0) is 13.8. The summed E-state index contributed by atoms with van der Waals surface area (Å²) in [6.07, 6.45) is 2.53. The fourth-order valence-electron chi connectivity index (χ4n) is 2.59. The summed E-state index contributed by atoms with van der Waals surface area (Å²) >= 11 is 0. The molecule has 2 heterocycles. The van der Waals surface area contributed by atoms with Crippen LogP contribution < -0.4 is 10.9 Å². The summed E-state index contributed by atoms with van der Waals surface area (Å²) in [5.41, 5.74) is 1.71. The monoisotopic (exact) mass is 273 g/mol. The van der Waals surface area contributed by atoms with Gasteiger partial charge in [0.05, 0.1) is 23.8 Å². The van der Waals surface area contributed by atoms with Crippen molar-refractivity contribution in [2.24, 2.45) is 5.92 Å². The topological polar surface area (TPSA) is 56.2 Å². The van der Waals surface area contributed by atoms with Gasteiger partial charge in [0.15, 0.2) is 0 Å². The first-order chi connectivity index (χ1) is 9.84. The van der Waals surface area contributed by atoms with E-state index in [4.69, 9.17) is 4.74 Å². The zero-order valence-corrected chi connectivity index (χ0v) is 11.4. The number of fused-ring (bicyclic) bond motifs is 1. The number of benzene rings is 1. The summed E-state index contributed by atoms with van der Waals surface area (Å²) in [4.78, 5) is 16.1. The number of nitrogens with zero attached hydrogens (tertiary/aromatic N) is 2. The number of hydrogen-bond donors (Lipinski definition) is 1. The number of aromatic nitrogens is 2. The van der Waals surface area contributed by atoms with Crippen molar-refractivity contribution in [2.75, 3.05) is 26.3 Å². The van der Waals surface area contributed by atoms with Crippen molar-refractivity contribution in [3.8, 4) is 0 Å². The van der Waals surface area contributed by atoms with Crippen molar-refractivity contribution in [3.05, 3.63) is 40.8 Å². The van der Waals surface area contributed by atoms with Gasteiger partial charge in [-0.2, -0.15) is 0 Å². The van der Waals surface area contributed by atoms with Crippen LogP contribution in [0.4, 0.5) is 0 Å². The van der Waals surface area contributed by atoms with Crippen LogP contribution in [0, 0.1) is 5.92 Å². The molecule has 0 spiro atoms. The summed E-state index contributed by atoms with van der Waals surface area (Å²) in [5, 5.41) is 3.41. The maximum Gasteiger partial charge on any atom is 0.269 e. The van der Waals surface area contributed by atoms with E-state index in [1.807, 2.05) is 24.3 Å². The maximum absolute atomic E-state index is 11.9. The lowest BCUT2D eigenvalue weighted by Crippen LogP contribution is -2.30. The molecule has 2 aromatic rings. The second kappa shape index (κ2) is 6.15. The lowest BCUT2D eigenvalue weighted by Gasteiger charge is -2.12. The van der Waals surface area contributed by atoms with Crippen LogP contribution >= 0.6 is 0 Å². The van der Waals surface area contributed by atoms with Gasteiger partial charge in [-0.25, -0.2) is 4.98 Å². The third-order valence-electron chi connectivity index (χ3n) is 3.72. The van der Waals surface area contributed by atoms with Crippen molar-refractivity contribution in [3.63, 3.8) is 0 Å². The highest BCUT2D eigenvalue weighted by atomic mass is 16.5. The highest BCUT2D eigenvalue weighted by molar-refractivity contribution is 5.74. The second-order valence-corrected chi connectivity index (χ2v) is 5.17. The Morgan fingerprint density at radius 1 is 1.40 bits per heavy atom. The normalized spacial score (nSPS) is 18.7. The summed E-state index contributed by atoms with van der Waals surface area (Å²) in [5.74, 6) is 0.612. The van der Waals surface area contributed by atoms with Crippen LogP contribution in [-0.4, -0.2) is 35.9 Å². The lowest BCUT2D eigenvalue weighted by molar-refractivity contribution is 0.185. The Balaban J connectivity index is 1.64. The van der Waals surface area contributed by atoms with E-state index < -0.39 is 0 Å². The Morgan fingerprint density at radius 3 is 3.15 bits per heavy atom. The number of ether oxygens (including phenoxy) is 1. The first-order valence-electron chi connectivity index (χ1n) is 7.07. The second-order valence-electron chi connectivity index (χ2n) is 5.17. The quantitative estimate of drug-likeness (QED) is 0.827. The van der Waals surface area contributed by atoms with Gasteiger partial charge in [-0.1, -0.05) is 12.1 Å². The Bertz CT molecular complexity index is 632. The van der Waals surface area contributed by atoms with E-state index in [-0.39, 0.29) is 5.56 Å². The molecule has 106 valence electrons. The van der Waals surface area contributed by atoms with Crippen LogP contribution in [0.3, 0.4) is 0 Å². The lowest BCUT2D eigenvalue weighted by atomic mass is 10.1. The van der Waals surface area contributed by atoms with Gasteiger partial charge in [0.25, 0.3) is 5.56 Å². The summed E-state index contributed by atoms with van der Waals surface area (Å²) < 4.78 is 7.12. The molecule has 0 amide bonds. The van der Waals surface area contributed by atoms with Gasteiger partial charge in [-0.15, -0.1) is 0 Å². The minimum atomic E-state index is -0.0466. The van der Waals surface area contributed by atoms with Crippen molar-refractivity contribution < 1.29 is 4.74 Å². The molecular weight excluding hydrogens is 254 g/mol. The minimum Gasteiger partial charge on any atom is -0.381 e. The van der Waals surface area contributed by atoms with Crippen LogP contribution in [0.15, 0.2) is 35.3 Å². The third kappa shape index (κ3) is 2.89. The maximum atomic E-state index is 11.9. The smallest absolute Gasteiger partial charge is 0.269 e. The molecule has 1 aliphatic rings. The first-order valence-corrected chi connectivity index (χ1v) is 7.07. The summed E-state index contributed by atoms with van der Waals surface area (Å²) in [6, 6.07) is 7.73. The van der Waals surface area contributed by atoms with E-state index in [2.05, 4.69) is 10.3 Å². The van der Waals surface area contributed by atoms with E-state index in [0.29, 0.717) is 12.5 Å². The first kappa shape index (κ1) is 13.3. The van der Waals surface area contributed by atoms with E-state index in [9.17, 15) is 4.79 Å². The molecule has 0 saturated carbocycles. The molecule has 0 radical (unpaired) electrons. The Morgan fingerprint density at radius 2 is 2.30 bits per heavy atom. The Hall–Kier alpha value is -1.72. The van der Waals surface area contributed by atoms with Crippen LogP contribution in [0.25, 0.3) is 11.0 Å². The molecule has 1 saturated heterocycles. The van der Waals surface area contributed by atoms with Gasteiger partial charge in [-0.05, 0) is 24.5 Å². The Labute approximate surface area is 117 Å². The molecule has 1 fully saturated rings. The van der Waals surface area contributed by atoms with Crippen LogP contribution in [0.1, 0.15) is 6.42 Å². The molecule has 1 N–H and O–H groups in total. The van der Waals surface area contributed by atoms with Crippen LogP contribution in [0.5, 0.6) is 0 Å². The van der Waals surface area contributed by atoms with Crippen LogP contribution in [0.2, 0.25) is 0 Å². The standard InChI is InChI=1S/C15H19N3O2/c19-15-10-17-13-3-1-2-4-14(13)18(15)7-6-16-9-12-5-8-20-11-12/h1-4,10,12,16H,5-9,11H2. The molecule has 5 heteroatoms. The van der Waals surface area contributed by atoms with Gasteiger partial charge >= 0.3 is 0 Å². The average molecular weight is 273 g/mol. The molecule has 1 aliphatic heterocycles. The number of rotatable bonds is 5. The molecular formula is C15H19N3O2. The SMILES string of the molecule is O=c1cnc2ccccc2n1CCNCC1CCOC1. The fraction of sp³-hybridized carbons (Fsp3) is 0.467. The van der Waals surface area contributed by atoms with Gasteiger partial charge < -0.3 is 14.6 Å². The Kier molecular flexibility index (Phi) is 4.08. The predicted molar refractivity (Wildman–Crippen MR) is 77.8 cm³/mol. The predicted octanol–water partition coefficient (Wildman–Crippen LogP) is 1.02. The van der Waals surface area contributed by atoms with Crippen molar-refractivity contribution in [2.45, 2.75) is 13.0 Å². The van der Waals surface area contributed by atoms with Crippen molar-refractivity contribution in [1.29, 1.82) is 0 Å². The molecule has 1 atom stereocenters. The van der Waals surface area contributed by atoms with Gasteiger partial charge in [0.2, 0.25) is 0 Å². The van der Waals surface area contributed by atoms with Gasteiger partial charge in [-0.3, -0.25) is 4.79 Å². The van der Waals surface area contributed by atoms with E-state index in [1.54, 1.807) is 4.57 Å². The zero-order valence-electron chi connectivity index (χ0n) is 11.4. The molecule has 1 unspecified atom stereocenters. The molecule has 1 aromatic carbocycles. The summed E-state index contributed by atoms with van der Waals surface area (Å²) in [7, 11) is 0. The third-order valence-corrected chi connectivity index (χ3v) is 3.72. The fourth-order valence-corrected chi connectivity index (χ4v) is 2.59. The van der Waals surface area contributed by atoms with E-state index in [0.717, 1.165) is 43.8 Å². The van der Waals surface area contributed by atoms with E-state index in [1.165, 1.54) is 6.20 Å². The van der Waals surface area contributed by atoms with Crippen molar-refractivity contribution >= 4 is 11.0 Å². The number of para-hydroxylation sites is 2. The molecule has 0 aliphatic carbocycles. The number of nitrogens with one attached hydrogen (secondary N) is 1. The highest BCUT2D eigenvalue weighted by Crippen LogP contribution is 2.10. The van der Waals surface area contributed by atoms with Crippen LogP contribution in [-0.2, 0) is 11.3 Å². The average Bonchev–Trinajstić information content (AvgIpc) is 2.98. The molecule has 20 heavy (non-hydrogen) atoms. The van der Waals surface area contributed by atoms with Crippen molar-refractivity contribution in [1.82, 2.24) is 14.9 Å². The van der Waals surface area contributed by atoms with E-state index >= 15 is 0 Å². The number of hydrogen-bond acceptors (Lipinski definition) is 4. The van der Waals surface area contributed by atoms with Gasteiger partial charge in [0.1, 0.15) is 0 Å². The summed E-state index contributed by atoms with van der Waals surface area (Å²) in [6.45, 7) is 4.13. The molecule has 1 aromatic heterocycles. The van der Waals surface area contributed by atoms with Gasteiger partial charge in [0, 0.05) is 26.2 Å². The largest absolute Gasteiger partial charge is 0.381 e. The molecule has 0 bridgehead atoms. The molecule has 5 nitrogen and oxygen atoms in total. The highest BCUT2D eigenvalue weighted by Gasteiger charge is 2.14. The molecule has 3 rings (SSSR count). The minimum absolute atomic E-state index is 0.0466.